The van der Waals surface area contributed by atoms with Crippen molar-refractivity contribution in [2.75, 3.05) is 26.9 Å². The molecule has 1 aliphatic rings. The number of hydrogen-bond donors (Lipinski definition) is 0. The third kappa shape index (κ3) is 4.84. The Kier molecular flexibility index (Phi) is 6.58. The fourth-order valence-electron chi connectivity index (χ4n) is 3.57. The van der Waals surface area contributed by atoms with Gasteiger partial charge in [0, 0.05) is 24.8 Å². The van der Waals surface area contributed by atoms with Crippen LogP contribution in [0.25, 0.3) is 11.5 Å². The number of carbonyl (C=O) groups is 1. The van der Waals surface area contributed by atoms with Crippen LogP contribution in [0.2, 0.25) is 0 Å². The predicted octanol–water partition coefficient (Wildman–Crippen LogP) is 4.29. The maximum absolute atomic E-state index is 11.8. The largest absolute Gasteiger partial charge is 0.493 e. The van der Waals surface area contributed by atoms with Gasteiger partial charge in [-0.25, -0.2) is 9.78 Å². The van der Waals surface area contributed by atoms with Gasteiger partial charge in [0.05, 0.1) is 32.6 Å². The number of aromatic nitrogens is 1. The van der Waals surface area contributed by atoms with E-state index in [4.69, 9.17) is 23.4 Å². The van der Waals surface area contributed by atoms with Crippen molar-refractivity contribution >= 4 is 5.97 Å². The van der Waals surface area contributed by atoms with Crippen molar-refractivity contribution in [3.8, 4) is 17.2 Å². The van der Waals surface area contributed by atoms with Gasteiger partial charge in [-0.3, -0.25) is 0 Å². The summed E-state index contributed by atoms with van der Waals surface area (Å²) in [4.78, 5) is 16.4. The quantitative estimate of drug-likeness (QED) is 0.510. The predicted molar refractivity (Wildman–Crippen MR) is 117 cm³/mol. The number of methoxy groups -OCH3 is 1. The van der Waals surface area contributed by atoms with Gasteiger partial charge in [0.2, 0.25) is 5.89 Å². The van der Waals surface area contributed by atoms with Crippen molar-refractivity contribution in [3.05, 3.63) is 71.6 Å². The first kappa shape index (κ1) is 22.0. The van der Waals surface area contributed by atoms with E-state index in [0.717, 1.165) is 28.3 Å². The fourth-order valence-corrected chi connectivity index (χ4v) is 3.57. The number of rotatable bonds is 7. The number of esters is 1. The van der Waals surface area contributed by atoms with E-state index in [2.05, 4.69) is 4.98 Å². The fraction of sp³-hybridized carbons (Fsp3) is 0.360. The normalized spacial score (nSPS) is 20.7. The first-order valence-electron chi connectivity index (χ1n) is 10.6. The number of ether oxygens (including phenoxy) is 4. The molecule has 0 spiro atoms. The lowest BCUT2D eigenvalue weighted by Crippen LogP contribution is -2.47. The van der Waals surface area contributed by atoms with Gasteiger partial charge in [-0.05, 0) is 36.8 Å². The maximum Gasteiger partial charge on any atom is 0.366 e. The molecule has 7 nitrogen and oxygen atoms in total. The van der Waals surface area contributed by atoms with Crippen LogP contribution in [0.15, 0.2) is 59.0 Å². The standard InChI is InChI=1S/C25H27NO6/c1-17-22(26-23(32-17)19-7-5-4-6-8-19)13-14-29-21-11-9-18(10-12-21)20-15-30-25(2,31-16-20)24(27)28-3/h4-12,20H,13-16H2,1-3H3/t20-,25-. The van der Waals surface area contributed by atoms with Crippen molar-refractivity contribution in [1.29, 1.82) is 0 Å². The molecule has 2 heterocycles. The zero-order valence-corrected chi connectivity index (χ0v) is 18.5. The molecule has 0 aliphatic carbocycles. The molecule has 1 fully saturated rings. The van der Waals surface area contributed by atoms with Crippen molar-refractivity contribution in [2.24, 2.45) is 0 Å². The maximum atomic E-state index is 11.8. The van der Waals surface area contributed by atoms with Gasteiger partial charge in [0.1, 0.15) is 11.5 Å². The molecule has 0 N–H and O–H groups in total. The van der Waals surface area contributed by atoms with Crippen LogP contribution < -0.4 is 4.74 Å². The lowest BCUT2D eigenvalue weighted by Gasteiger charge is -2.35. The van der Waals surface area contributed by atoms with E-state index in [0.29, 0.717) is 32.1 Å². The number of oxazole rings is 1. The van der Waals surface area contributed by atoms with Crippen LogP contribution in [0, 0.1) is 6.92 Å². The molecule has 0 saturated carbocycles. The molecule has 2 aromatic carbocycles. The van der Waals surface area contributed by atoms with Gasteiger partial charge in [0.25, 0.3) is 5.79 Å². The van der Waals surface area contributed by atoms with E-state index in [9.17, 15) is 4.79 Å². The van der Waals surface area contributed by atoms with Crippen LogP contribution in [0.1, 0.15) is 29.9 Å². The minimum atomic E-state index is -1.34. The molecular weight excluding hydrogens is 410 g/mol. The molecule has 0 amide bonds. The molecular formula is C25H27NO6. The van der Waals surface area contributed by atoms with Gasteiger partial charge in [-0.15, -0.1) is 0 Å². The van der Waals surface area contributed by atoms with E-state index < -0.39 is 11.8 Å². The third-order valence-corrected chi connectivity index (χ3v) is 5.55. The van der Waals surface area contributed by atoms with Gasteiger partial charge >= 0.3 is 5.97 Å². The smallest absolute Gasteiger partial charge is 0.366 e. The number of benzene rings is 2. The summed E-state index contributed by atoms with van der Waals surface area (Å²) >= 11 is 0. The summed E-state index contributed by atoms with van der Waals surface area (Å²) in [7, 11) is 1.32. The second-order valence-electron chi connectivity index (χ2n) is 7.81. The number of aryl methyl sites for hydroxylation is 1. The Morgan fingerprint density at radius 3 is 2.44 bits per heavy atom. The van der Waals surface area contributed by atoms with Crippen LogP contribution in [0.4, 0.5) is 0 Å². The second-order valence-corrected chi connectivity index (χ2v) is 7.81. The minimum absolute atomic E-state index is 0.0379. The van der Waals surface area contributed by atoms with Crippen molar-refractivity contribution in [1.82, 2.24) is 4.98 Å². The second kappa shape index (κ2) is 9.54. The molecule has 0 atom stereocenters. The Hall–Kier alpha value is -3.16. The molecule has 32 heavy (non-hydrogen) atoms. The molecule has 0 bridgehead atoms. The molecule has 4 rings (SSSR count). The third-order valence-electron chi connectivity index (χ3n) is 5.55. The average molecular weight is 437 g/mol. The first-order chi connectivity index (χ1) is 15.5. The zero-order valence-electron chi connectivity index (χ0n) is 18.5. The van der Waals surface area contributed by atoms with Gasteiger partial charge in [-0.1, -0.05) is 30.3 Å². The monoisotopic (exact) mass is 437 g/mol. The van der Waals surface area contributed by atoms with Crippen molar-refractivity contribution in [2.45, 2.75) is 32.0 Å². The van der Waals surface area contributed by atoms with E-state index in [1.165, 1.54) is 7.11 Å². The van der Waals surface area contributed by atoms with Crippen LogP contribution in [-0.2, 0) is 25.4 Å². The highest BCUT2D eigenvalue weighted by Crippen LogP contribution is 2.29. The van der Waals surface area contributed by atoms with E-state index in [1.807, 2.05) is 61.5 Å². The Bertz CT molecular complexity index is 1040. The summed E-state index contributed by atoms with van der Waals surface area (Å²) in [6, 6.07) is 17.7. The Balaban J connectivity index is 1.29. The van der Waals surface area contributed by atoms with Gasteiger partial charge in [0.15, 0.2) is 0 Å². The average Bonchev–Trinajstić information content (AvgIpc) is 3.20. The summed E-state index contributed by atoms with van der Waals surface area (Å²) in [5, 5.41) is 0. The van der Waals surface area contributed by atoms with Crippen molar-refractivity contribution in [3.63, 3.8) is 0 Å². The SMILES string of the molecule is COC(=O)[C@]1(C)OC[C@@H](c2ccc(OCCc3nc(-c4ccccc4)oc3C)cc2)CO1. The number of nitrogens with zero attached hydrogens (tertiary/aromatic N) is 1. The molecule has 168 valence electrons. The molecule has 1 saturated heterocycles. The van der Waals surface area contributed by atoms with Crippen LogP contribution >= 0.6 is 0 Å². The van der Waals surface area contributed by atoms with Gasteiger partial charge < -0.3 is 23.4 Å². The molecule has 7 heteroatoms. The lowest BCUT2D eigenvalue weighted by atomic mass is 9.99. The van der Waals surface area contributed by atoms with Crippen LogP contribution in [0.3, 0.4) is 0 Å². The summed E-state index contributed by atoms with van der Waals surface area (Å²) in [6.07, 6.45) is 0.653. The summed E-state index contributed by atoms with van der Waals surface area (Å²) < 4.78 is 27.7. The van der Waals surface area contributed by atoms with E-state index >= 15 is 0 Å². The Morgan fingerprint density at radius 2 is 1.78 bits per heavy atom. The Morgan fingerprint density at radius 1 is 1.09 bits per heavy atom. The van der Waals surface area contributed by atoms with Crippen molar-refractivity contribution < 1.29 is 28.2 Å². The molecule has 1 aromatic heterocycles. The lowest BCUT2D eigenvalue weighted by molar-refractivity contribution is -0.264. The zero-order chi connectivity index (χ0) is 22.6. The molecule has 0 unspecified atom stereocenters. The highest BCUT2D eigenvalue weighted by Gasteiger charge is 2.41. The molecule has 3 aromatic rings. The van der Waals surface area contributed by atoms with Crippen LogP contribution in [0.5, 0.6) is 5.75 Å². The Labute approximate surface area is 187 Å². The summed E-state index contributed by atoms with van der Waals surface area (Å²) in [5.41, 5.74) is 2.91. The first-order valence-corrected chi connectivity index (χ1v) is 10.6. The van der Waals surface area contributed by atoms with E-state index in [1.54, 1.807) is 6.92 Å². The van der Waals surface area contributed by atoms with E-state index in [-0.39, 0.29) is 5.92 Å². The molecule has 1 aliphatic heterocycles. The topological polar surface area (TPSA) is 80.0 Å². The number of hydrogen-bond acceptors (Lipinski definition) is 7. The van der Waals surface area contributed by atoms with Gasteiger partial charge in [-0.2, -0.15) is 0 Å². The minimum Gasteiger partial charge on any atom is -0.493 e. The highest BCUT2D eigenvalue weighted by molar-refractivity contribution is 5.77. The number of carbonyl (C=O) groups excluding carboxylic acids is 1. The summed E-state index contributed by atoms with van der Waals surface area (Å²) in [6.45, 7) is 4.74. The molecule has 0 radical (unpaired) electrons. The van der Waals surface area contributed by atoms with Crippen LogP contribution in [-0.4, -0.2) is 43.7 Å². The summed E-state index contributed by atoms with van der Waals surface area (Å²) in [5.74, 6) is 0.374. The highest BCUT2D eigenvalue weighted by atomic mass is 16.7.